The van der Waals surface area contributed by atoms with Crippen molar-refractivity contribution >= 4 is 5.97 Å². The molecule has 18 heavy (non-hydrogen) atoms. The van der Waals surface area contributed by atoms with Crippen molar-refractivity contribution < 1.29 is 23.1 Å². The van der Waals surface area contributed by atoms with E-state index in [0.717, 1.165) is 23.3 Å². The van der Waals surface area contributed by atoms with Crippen LogP contribution >= 0.6 is 0 Å². The van der Waals surface area contributed by atoms with E-state index < -0.39 is 17.8 Å². The fourth-order valence-corrected chi connectivity index (χ4v) is 1.30. The van der Waals surface area contributed by atoms with Crippen LogP contribution in [0.2, 0.25) is 0 Å². The van der Waals surface area contributed by atoms with Crippen LogP contribution in [0.4, 0.5) is 13.2 Å². The highest BCUT2D eigenvalue weighted by molar-refractivity contribution is 5.87. The summed E-state index contributed by atoms with van der Waals surface area (Å²) in [6.07, 6.45) is -0.473. The molecule has 0 atom stereocenters. The molecule has 5 nitrogen and oxygen atoms in total. The topological polar surface area (TPSA) is 68.0 Å². The number of carboxylic acids is 1. The Morgan fingerprint density at radius 3 is 2.61 bits per heavy atom. The first-order chi connectivity index (χ1) is 8.38. The first-order valence-electron chi connectivity index (χ1n) is 4.68. The van der Waals surface area contributed by atoms with Crippen LogP contribution in [0.5, 0.6) is 0 Å². The monoisotopic (exact) mass is 257 g/mol. The van der Waals surface area contributed by atoms with Gasteiger partial charge in [0.15, 0.2) is 5.69 Å². The van der Waals surface area contributed by atoms with E-state index in [4.69, 9.17) is 5.11 Å². The van der Waals surface area contributed by atoms with Gasteiger partial charge in [0, 0.05) is 12.4 Å². The Balaban J connectivity index is 2.40. The Kier molecular flexibility index (Phi) is 2.77. The average Bonchev–Trinajstić information content (AvgIpc) is 2.78. The lowest BCUT2D eigenvalue weighted by atomic mass is 10.2. The largest absolute Gasteiger partial charge is 0.478 e. The second-order valence-electron chi connectivity index (χ2n) is 3.40. The van der Waals surface area contributed by atoms with Crippen molar-refractivity contribution in [2.45, 2.75) is 6.18 Å². The van der Waals surface area contributed by atoms with E-state index in [1.54, 1.807) is 0 Å². The maximum Gasteiger partial charge on any atom is 0.434 e. The van der Waals surface area contributed by atoms with Gasteiger partial charge < -0.3 is 9.67 Å². The van der Waals surface area contributed by atoms with Gasteiger partial charge in [-0.3, -0.25) is 4.98 Å². The van der Waals surface area contributed by atoms with Gasteiger partial charge in [0.05, 0.1) is 23.8 Å². The molecule has 0 radical (unpaired) electrons. The number of imidazole rings is 1. The number of pyridine rings is 1. The van der Waals surface area contributed by atoms with Crippen molar-refractivity contribution in [3.63, 3.8) is 0 Å². The summed E-state index contributed by atoms with van der Waals surface area (Å²) in [5, 5.41) is 8.75. The number of carbonyl (C=O) groups is 1. The summed E-state index contributed by atoms with van der Waals surface area (Å²) in [6.45, 7) is 0. The molecule has 8 heteroatoms. The molecule has 0 aliphatic heterocycles. The smallest absolute Gasteiger partial charge is 0.434 e. The zero-order valence-electron chi connectivity index (χ0n) is 8.72. The standard InChI is InChI=1S/C10H6F3N3O2/c11-10(12,13)8-4-16(5-15-8)7-1-6(9(17)18)2-14-3-7/h1-5H,(H,17,18). The summed E-state index contributed by atoms with van der Waals surface area (Å²) in [5.74, 6) is -1.21. The van der Waals surface area contributed by atoms with E-state index in [9.17, 15) is 18.0 Å². The number of aromatic nitrogens is 3. The van der Waals surface area contributed by atoms with Crippen LogP contribution in [-0.2, 0) is 6.18 Å². The molecule has 0 saturated heterocycles. The predicted octanol–water partition coefficient (Wildman–Crippen LogP) is 1.98. The third-order valence-electron chi connectivity index (χ3n) is 2.14. The second-order valence-corrected chi connectivity index (χ2v) is 3.40. The van der Waals surface area contributed by atoms with Gasteiger partial charge >= 0.3 is 12.1 Å². The Hall–Kier alpha value is -2.38. The predicted molar refractivity (Wildman–Crippen MR) is 53.3 cm³/mol. The Morgan fingerprint density at radius 2 is 2.06 bits per heavy atom. The van der Waals surface area contributed by atoms with Crippen LogP contribution in [0.25, 0.3) is 5.69 Å². The van der Waals surface area contributed by atoms with Crippen LogP contribution in [0.3, 0.4) is 0 Å². The highest BCUT2D eigenvalue weighted by Gasteiger charge is 2.33. The number of hydrogen-bond acceptors (Lipinski definition) is 3. The van der Waals surface area contributed by atoms with Gasteiger partial charge in [-0.25, -0.2) is 9.78 Å². The molecular formula is C10H6F3N3O2. The summed E-state index contributed by atoms with van der Waals surface area (Å²) >= 11 is 0. The molecule has 0 aliphatic carbocycles. The van der Waals surface area contributed by atoms with E-state index in [0.29, 0.717) is 0 Å². The molecule has 0 saturated carbocycles. The molecule has 0 fully saturated rings. The third-order valence-corrected chi connectivity index (χ3v) is 2.14. The van der Waals surface area contributed by atoms with Crippen molar-refractivity contribution in [1.29, 1.82) is 0 Å². The minimum absolute atomic E-state index is 0.116. The number of rotatable bonds is 2. The Bertz CT molecular complexity index is 592. The normalized spacial score (nSPS) is 11.5. The zero-order chi connectivity index (χ0) is 13.3. The number of hydrogen-bond donors (Lipinski definition) is 1. The van der Waals surface area contributed by atoms with Gasteiger partial charge in [0.25, 0.3) is 0 Å². The van der Waals surface area contributed by atoms with Gasteiger partial charge in [0.2, 0.25) is 0 Å². The number of nitrogens with zero attached hydrogens (tertiary/aromatic N) is 3. The van der Waals surface area contributed by atoms with Gasteiger partial charge in [-0.15, -0.1) is 0 Å². The lowest BCUT2D eigenvalue weighted by Gasteiger charge is -2.03. The lowest BCUT2D eigenvalue weighted by Crippen LogP contribution is -2.05. The second kappa shape index (κ2) is 4.13. The maximum absolute atomic E-state index is 12.3. The highest BCUT2D eigenvalue weighted by atomic mass is 19.4. The Morgan fingerprint density at radius 1 is 1.33 bits per heavy atom. The molecule has 2 aromatic heterocycles. The van der Waals surface area contributed by atoms with Crippen LogP contribution in [0.15, 0.2) is 31.0 Å². The van der Waals surface area contributed by atoms with E-state index in [-0.39, 0.29) is 11.3 Å². The molecule has 0 bridgehead atoms. The van der Waals surface area contributed by atoms with Crippen LogP contribution in [0, 0.1) is 0 Å². The van der Waals surface area contributed by atoms with Crippen molar-refractivity contribution in [1.82, 2.24) is 14.5 Å². The highest BCUT2D eigenvalue weighted by Crippen LogP contribution is 2.27. The van der Waals surface area contributed by atoms with Crippen molar-refractivity contribution in [2.75, 3.05) is 0 Å². The lowest BCUT2D eigenvalue weighted by molar-refractivity contribution is -0.140. The number of aromatic carboxylic acids is 1. The summed E-state index contributed by atoms with van der Waals surface area (Å²) < 4.78 is 38.1. The van der Waals surface area contributed by atoms with Gasteiger partial charge in [-0.05, 0) is 6.07 Å². The van der Waals surface area contributed by atoms with Crippen LogP contribution in [-0.4, -0.2) is 25.6 Å². The van der Waals surface area contributed by atoms with Crippen molar-refractivity contribution in [3.05, 3.63) is 42.2 Å². The molecule has 0 aliphatic rings. The van der Waals surface area contributed by atoms with E-state index in [1.165, 1.54) is 12.3 Å². The zero-order valence-corrected chi connectivity index (χ0v) is 8.72. The number of alkyl halides is 3. The fourth-order valence-electron chi connectivity index (χ4n) is 1.30. The Labute approximate surface area is 98.5 Å². The first kappa shape index (κ1) is 12.1. The molecule has 0 spiro atoms. The molecule has 2 aromatic rings. The van der Waals surface area contributed by atoms with Crippen molar-refractivity contribution in [3.8, 4) is 5.69 Å². The summed E-state index contributed by atoms with van der Waals surface area (Å²) in [6, 6.07) is 1.21. The molecule has 94 valence electrons. The fraction of sp³-hybridized carbons (Fsp3) is 0.100. The average molecular weight is 257 g/mol. The number of halogens is 3. The SMILES string of the molecule is O=C(O)c1cncc(-n2cnc(C(F)(F)F)c2)c1. The van der Waals surface area contributed by atoms with Gasteiger partial charge in [-0.1, -0.05) is 0 Å². The molecule has 0 unspecified atom stereocenters. The molecule has 2 rings (SSSR count). The van der Waals surface area contributed by atoms with Crippen LogP contribution in [0.1, 0.15) is 16.1 Å². The van der Waals surface area contributed by atoms with E-state index in [1.807, 2.05) is 0 Å². The van der Waals surface area contributed by atoms with Crippen molar-refractivity contribution in [2.24, 2.45) is 0 Å². The van der Waals surface area contributed by atoms with Gasteiger partial charge in [-0.2, -0.15) is 13.2 Å². The molecule has 0 aromatic carbocycles. The van der Waals surface area contributed by atoms with E-state index >= 15 is 0 Å². The first-order valence-corrected chi connectivity index (χ1v) is 4.68. The van der Waals surface area contributed by atoms with Gasteiger partial charge in [0.1, 0.15) is 0 Å². The minimum Gasteiger partial charge on any atom is -0.478 e. The molecule has 0 amide bonds. The summed E-state index contributed by atoms with van der Waals surface area (Å²) in [7, 11) is 0. The molecular weight excluding hydrogens is 251 g/mol. The molecule has 2 heterocycles. The third kappa shape index (κ3) is 2.31. The number of carboxylic acid groups (broad SMARTS) is 1. The summed E-state index contributed by atoms with van der Waals surface area (Å²) in [4.78, 5) is 17.5. The minimum atomic E-state index is -4.54. The quantitative estimate of drug-likeness (QED) is 0.893. The van der Waals surface area contributed by atoms with E-state index in [2.05, 4.69) is 9.97 Å². The molecule has 1 N–H and O–H groups in total. The summed E-state index contributed by atoms with van der Waals surface area (Å²) in [5.41, 5.74) is -0.976. The maximum atomic E-state index is 12.3. The van der Waals surface area contributed by atoms with Crippen LogP contribution < -0.4 is 0 Å².